The van der Waals surface area contributed by atoms with Gasteiger partial charge in [-0.15, -0.1) is 10.2 Å². The van der Waals surface area contributed by atoms with Gasteiger partial charge in [0.05, 0.1) is 17.5 Å². The van der Waals surface area contributed by atoms with E-state index in [1.54, 1.807) is 25.4 Å². The van der Waals surface area contributed by atoms with Crippen molar-refractivity contribution < 1.29 is 9.53 Å². The maximum Gasteiger partial charge on any atom is 0.240 e. The van der Waals surface area contributed by atoms with E-state index in [1.165, 1.54) is 23.1 Å². The lowest BCUT2D eigenvalue weighted by Gasteiger charge is -2.09. The SMILES string of the molecule is CCOc1ccccc1Nc1nnc(S[C@H](C)C(=O)Nc2ncccn2)s1. The minimum atomic E-state index is -0.370. The standard InChI is InChI=1S/C17H18N6O2S2/c1-3-25-13-8-5-4-7-12(13)20-16-22-23-17(27-16)26-11(2)14(24)21-15-18-9-6-10-19-15/h4-11H,3H2,1-2H3,(H,20,22)(H,18,19,21,24)/t11-/m1/s1. The largest absolute Gasteiger partial charge is 0.492 e. The van der Waals surface area contributed by atoms with E-state index in [-0.39, 0.29) is 17.1 Å². The quantitative estimate of drug-likeness (QED) is 0.551. The van der Waals surface area contributed by atoms with Crippen molar-refractivity contribution >= 4 is 45.8 Å². The van der Waals surface area contributed by atoms with Gasteiger partial charge in [-0.3, -0.25) is 10.1 Å². The fourth-order valence-electron chi connectivity index (χ4n) is 2.05. The third kappa shape index (κ3) is 5.38. The van der Waals surface area contributed by atoms with Crippen molar-refractivity contribution in [2.75, 3.05) is 17.2 Å². The van der Waals surface area contributed by atoms with Gasteiger partial charge in [-0.1, -0.05) is 35.2 Å². The molecule has 0 fully saturated rings. The van der Waals surface area contributed by atoms with Crippen molar-refractivity contribution in [1.82, 2.24) is 20.2 Å². The molecular weight excluding hydrogens is 384 g/mol. The summed E-state index contributed by atoms with van der Waals surface area (Å²) >= 11 is 2.69. The molecule has 3 aromatic rings. The lowest BCUT2D eigenvalue weighted by molar-refractivity contribution is -0.115. The fraction of sp³-hybridized carbons (Fsp3) is 0.235. The van der Waals surface area contributed by atoms with Crippen molar-refractivity contribution in [2.45, 2.75) is 23.4 Å². The molecule has 0 aliphatic carbocycles. The Morgan fingerprint density at radius 3 is 2.78 bits per heavy atom. The van der Waals surface area contributed by atoms with Gasteiger partial charge in [-0.2, -0.15) is 0 Å². The molecule has 0 radical (unpaired) electrons. The summed E-state index contributed by atoms with van der Waals surface area (Å²) in [6.07, 6.45) is 3.15. The number of thioether (sulfide) groups is 1. The third-order valence-corrected chi connectivity index (χ3v) is 5.31. The second kappa shape index (κ2) is 9.28. The molecule has 0 saturated heterocycles. The molecule has 0 unspecified atom stereocenters. The van der Waals surface area contributed by atoms with E-state index in [0.717, 1.165) is 11.4 Å². The average Bonchev–Trinajstić information content (AvgIpc) is 3.11. The summed E-state index contributed by atoms with van der Waals surface area (Å²) in [7, 11) is 0. The van der Waals surface area contributed by atoms with Gasteiger partial charge in [-0.05, 0) is 32.0 Å². The summed E-state index contributed by atoms with van der Waals surface area (Å²) in [5.41, 5.74) is 0.819. The first kappa shape index (κ1) is 19.1. The number of hydrogen-bond acceptors (Lipinski definition) is 9. The average molecular weight is 403 g/mol. The Labute approximate surface area is 164 Å². The Morgan fingerprint density at radius 1 is 1.22 bits per heavy atom. The smallest absolute Gasteiger partial charge is 0.240 e. The van der Waals surface area contributed by atoms with Crippen LogP contribution in [-0.2, 0) is 4.79 Å². The van der Waals surface area contributed by atoms with E-state index in [1.807, 2.05) is 31.2 Å². The van der Waals surface area contributed by atoms with Gasteiger partial charge in [0.1, 0.15) is 5.75 Å². The number of ether oxygens (including phenoxy) is 1. The number of aromatic nitrogens is 4. The van der Waals surface area contributed by atoms with Gasteiger partial charge < -0.3 is 10.1 Å². The lowest BCUT2D eigenvalue weighted by Crippen LogP contribution is -2.23. The molecule has 140 valence electrons. The highest BCUT2D eigenvalue weighted by molar-refractivity contribution is 8.02. The minimum Gasteiger partial charge on any atom is -0.492 e. The van der Waals surface area contributed by atoms with E-state index in [2.05, 4.69) is 30.8 Å². The van der Waals surface area contributed by atoms with E-state index in [0.29, 0.717) is 16.1 Å². The number of para-hydroxylation sites is 2. The molecule has 0 aliphatic rings. The Kier molecular flexibility index (Phi) is 6.55. The summed E-state index contributed by atoms with van der Waals surface area (Å²) in [5.74, 6) is 0.833. The number of benzene rings is 1. The topological polar surface area (TPSA) is 102 Å². The first-order valence-electron chi connectivity index (χ1n) is 8.22. The van der Waals surface area contributed by atoms with Gasteiger partial charge in [0.25, 0.3) is 0 Å². The predicted octanol–water partition coefficient (Wildman–Crippen LogP) is 3.59. The van der Waals surface area contributed by atoms with Crippen molar-refractivity contribution in [2.24, 2.45) is 0 Å². The van der Waals surface area contributed by atoms with Crippen LogP contribution in [0, 0.1) is 0 Å². The summed E-state index contributed by atoms with van der Waals surface area (Å²) in [5, 5.41) is 14.4. The number of carbonyl (C=O) groups excluding carboxylic acids is 1. The maximum atomic E-state index is 12.2. The number of nitrogens with one attached hydrogen (secondary N) is 2. The first-order chi connectivity index (χ1) is 13.2. The predicted molar refractivity (Wildman–Crippen MR) is 107 cm³/mol. The van der Waals surface area contributed by atoms with E-state index < -0.39 is 0 Å². The zero-order valence-corrected chi connectivity index (χ0v) is 16.4. The third-order valence-electron chi connectivity index (χ3n) is 3.28. The number of anilines is 3. The van der Waals surface area contributed by atoms with Crippen LogP contribution in [0.2, 0.25) is 0 Å². The molecule has 1 amide bonds. The first-order valence-corrected chi connectivity index (χ1v) is 9.92. The van der Waals surface area contributed by atoms with Crippen LogP contribution >= 0.6 is 23.1 Å². The Hall–Kier alpha value is -2.72. The summed E-state index contributed by atoms with van der Waals surface area (Å²) in [4.78, 5) is 20.2. The number of carbonyl (C=O) groups is 1. The molecule has 2 heterocycles. The summed E-state index contributed by atoms with van der Waals surface area (Å²) in [6.45, 7) is 4.30. The molecule has 10 heteroatoms. The highest BCUT2D eigenvalue weighted by Gasteiger charge is 2.18. The van der Waals surface area contributed by atoms with E-state index in [9.17, 15) is 4.79 Å². The van der Waals surface area contributed by atoms with Gasteiger partial charge in [0, 0.05) is 12.4 Å². The van der Waals surface area contributed by atoms with Crippen LogP contribution in [0.3, 0.4) is 0 Å². The van der Waals surface area contributed by atoms with Gasteiger partial charge >= 0.3 is 0 Å². The monoisotopic (exact) mass is 402 g/mol. The molecule has 0 bridgehead atoms. The van der Waals surface area contributed by atoms with Gasteiger partial charge in [0.2, 0.25) is 17.0 Å². The Morgan fingerprint density at radius 2 is 2.00 bits per heavy atom. The Bertz CT molecular complexity index is 890. The highest BCUT2D eigenvalue weighted by Crippen LogP contribution is 2.33. The fourth-order valence-corrected chi connectivity index (χ4v) is 3.96. The maximum absolute atomic E-state index is 12.2. The number of nitrogens with zero attached hydrogens (tertiary/aromatic N) is 4. The number of hydrogen-bond donors (Lipinski definition) is 2. The zero-order chi connectivity index (χ0) is 19.1. The van der Waals surface area contributed by atoms with Gasteiger partial charge in [-0.25, -0.2) is 9.97 Å². The van der Waals surface area contributed by atoms with E-state index in [4.69, 9.17) is 4.74 Å². The Balaban J connectivity index is 1.60. The van der Waals surface area contributed by atoms with Gasteiger partial charge in [0.15, 0.2) is 4.34 Å². The molecule has 3 rings (SSSR count). The van der Waals surface area contributed by atoms with Crippen LogP contribution in [0.4, 0.5) is 16.8 Å². The van der Waals surface area contributed by atoms with Crippen LogP contribution < -0.4 is 15.4 Å². The van der Waals surface area contributed by atoms with Crippen molar-refractivity contribution in [3.8, 4) is 5.75 Å². The lowest BCUT2D eigenvalue weighted by atomic mass is 10.3. The second-order valence-electron chi connectivity index (χ2n) is 5.25. The molecule has 2 N–H and O–H groups in total. The number of amides is 1. The highest BCUT2D eigenvalue weighted by atomic mass is 32.2. The van der Waals surface area contributed by atoms with Crippen LogP contribution in [0.25, 0.3) is 0 Å². The van der Waals surface area contributed by atoms with Crippen LogP contribution in [0.1, 0.15) is 13.8 Å². The minimum absolute atomic E-state index is 0.197. The molecule has 0 aliphatic heterocycles. The van der Waals surface area contributed by atoms with Crippen LogP contribution in [0.15, 0.2) is 47.1 Å². The zero-order valence-electron chi connectivity index (χ0n) is 14.7. The van der Waals surface area contributed by atoms with Crippen molar-refractivity contribution in [3.63, 3.8) is 0 Å². The van der Waals surface area contributed by atoms with E-state index >= 15 is 0 Å². The molecule has 8 nitrogen and oxygen atoms in total. The van der Waals surface area contributed by atoms with Crippen molar-refractivity contribution in [1.29, 1.82) is 0 Å². The molecule has 1 atom stereocenters. The van der Waals surface area contributed by atoms with Crippen molar-refractivity contribution in [3.05, 3.63) is 42.7 Å². The molecule has 1 aromatic carbocycles. The molecule has 27 heavy (non-hydrogen) atoms. The van der Waals surface area contributed by atoms with Crippen LogP contribution in [-0.4, -0.2) is 37.9 Å². The van der Waals surface area contributed by atoms with Crippen LogP contribution in [0.5, 0.6) is 5.75 Å². The molecule has 0 spiro atoms. The molecule has 2 aromatic heterocycles. The second-order valence-corrected chi connectivity index (χ2v) is 7.81. The summed E-state index contributed by atoms with van der Waals surface area (Å²) < 4.78 is 6.28. The summed E-state index contributed by atoms with van der Waals surface area (Å²) in [6, 6.07) is 9.32. The number of rotatable bonds is 8. The molecular formula is C17H18N6O2S2. The normalized spacial score (nSPS) is 11.6. The molecule has 0 saturated carbocycles.